The van der Waals surface area contributed by atoms with Crippen LogP contribution in [0.4, 0.5) is 5.69 Å². The number of hydrogen-bond acceptors (Lipinski definition) is 3. The second-order valence-electron chi connectivity index (χ2n) is 4.31. The molecule has 1 N–H and O–H groups in total. The van der Waals surface area contributed by atoms with E-state index in [9.17, 15) is 4.79 Å². The molecule has 0 saturated carbocycles. The van der Waals surface area contributed by atoms with Crippen LogP contribution in [-0.2, 0) is 0 Å². The molecule has 0 saturated heterocycles. The summed E-state index contributed by atoms with van der Waals surface area (Å²) in [4.78, 5) is 15.9. The third-order valence-corrected chi connectivity index (χ3v) is 2.78. The maximum absolute atomic E-state index is 12.1. The first-order valence-corrected chi connectivity index (χ1v) is 5.85. The maximum atomic E-state index is 12.1. The van der Waals surface area contributed by atoms with Crippen molar-refractivity contribution in [2.75, 3.05) is 5.32 Å². The number of carbonyl (C=O) groups is 1. The maximum Gasteiger partial charge on any atom is 0.255 e. The molecule has 0 aliphatic heterocycles. The Labute approximate surface area is 111 Å². The van der Waals surface area contributed by atoms with Crippen molar-refractivity contribution in [2.45, 2.75) is 13.8 Å². The number of aromatic nitrogens is 1. The molecule has 1 amide bonds. The molecule has 0 unspecified atom stereocenters. The van der Waals surface area contributed by atoms with Crippen molar-refractivity contribution in [1.82, 2.24) is 4.98 Å². The molecule has 0 aliphatic rings. The van der Waals surface area contributed by atoms with Gasteiger partial charge in [0.1, 0.15) is 11.8 Å². The van der Waals surface area contributed by atoms with E-state index in [2.05, 4.69) is 10.3 Å². The van der Waals surface area contributed by atoms with Crippen LogP contribution < -0.4 is 5.32 Å². The van der Waals surface area contributed by atoms with Crippen LogP contribution in [0.15, 0.2) is 36.5 Å². The predicted molar refractivity (Wildman–Crippen MR) is 72.8 cm³/mol. The van der Waals surface area contributed by atoms with Gasteiger partial charge in [-0.1, -0.05) is 12.1 Å². The molecular formula is C15H13N3O. The minimum atomic E-state index is -0.243. The first-order chi connectivity index (χ1) is 9.10. The van der Waals surface area contributed by atoms with Gasteiger partial charge in [0.2, 0.25) is 0 Å². The van der Waals surface area contributed by atoms with Crippen LogP contribution in [0, 0.1) is 25.2 Å². The Hall–Kier alpha value is -2.67. The number of anilines is 1. The van der Waals surface area contributed by atoms with Gasteiger partial charge in [-0.3, -0.25) is 4.79 Å². The summed E-state index contributed by atoms with van der Waals surface area (Å²) in [7, 11) is 0. The molecule has 4 nitrogen and oxygen atoms in total. The molecule has 2 aromatic rings. The molecule has 0 fully saturated rings. The summed E-state index contributed by atoms with van der Waals surface area (Å²) in [5, 5.41) is 11.6. The Morgan fingerprint density at radius 3 is 2.79 bits per heavy atom. The summed E-state index contributed by atoms with van der Waals surface area (Å²) in [6.07, 6.45) is 1.45. The SMILES string of the molecule is Cc1ccc(C)c(NC(=O)c2ccnc(C#N)c2)c1. The van der Waals surface area contributed by atoms with Crippen molar-refractivity contribution >= 4 is 11.6 Å². The Kier molecular flexibility index (Phi) is 3.58. The summed E-state index contributed by atoms with van der Waals surface area (Å²) in [6, 6.07) is 10.8. The highest BCUT2D eigenvalue weighted by molar-refractivity contribution is 6.04. The molecule has 1 heterocycles. The van der Waals surface area contributed by atoms with Gasteiger partial charge in [0.25, 0.3) is 5.91 Å². The summed E-state index contributed by atoms with van der Waals surface area (Å²) in [6.45, 7) is 3.90. The summed E-state index contributed by atoms with van der Waals surface area (Å²) >= 11 is 0. The first kappa shape index (κ1) is 12.8. The molecule has 1 aromatic heterocycles. The van der Waals surface area contributed by atoms with Gasteiger partial charge in [-0.15, -0.1) is 0 Å². The summed E-state index contributed by atoms with van der Waals surface area (Å²) in [5.41, 5.74) is 3.50. The average Bonchev–Trinajstić information content (AvgIpc) is 2.43. The van der Waals surface area contributed by atoms with Gasteiger partial charge in [0, 0.05) is 17.4 Å². The lowest BCUT2D eigenvalue weighted by molar-refractivity contribution is 0.102. The van der Waals surface area contributed by atoms with Gasteiger partial charge < -0.3 is 5.32 Å². The highest BCUT2D eigenvalue weighted by atomic mass is 16.1. The zero-order valence-electron chi connectivity index (χ0n) is 10.8. The van der Waals surface area contributed by atoms with E-state index in [1.807, 2.05) is 38.1 Å². The fourth-order valence-electron chi connectivity index (χ4n) is 1.70. The Morgan fingerprint density at radius 1 is 1.26 bits per heavy atom. The number of pyridine rings is 1. The van der Waals surface area contributed by atoms with Gasteiger partial charge in [0.05, 0.1) is 0 Å². The number of carbonyl (C=O) groups excluding carboxylic acids is 1. The molecule has 0 aliphatic carbocycles. The van der Waals surface area contributed by atoms with Crippen LogP contribution in [0.5, 0.6) is 0 Å². The van der Waals surface area contributed by atoms with Crippen LogP contribution in [0.1, 0.15) is 27.2 Å². The molecule has 0 bridgehead atoms. The van der Waals surface area contributed by atoms with E-state index in [0.29, 0.717) is 5.56 Å². The van der Waals surface area contributed by atoms with Crippen molar-refractivity contribution in [1.29, 1.82) is 5.26 Å². The molecule has 0 atom stereocenters. The first-order valence-electron chi connectivity index (χ1n) is 5.85. The van der Waals surface area contributed by atoms with Crippen molar-refractivity contribution in [3.8, 4) is 6.07 Å². The average molecular weight is 251 g/mol. The summed E-state index contributed by atoms with van der Waals surface area (Å²) < 4.78 is 0. The lowest BCUT2D eigenvalue weighted by atomic mass is 10.1. The second kappa shape index (κ2) is 5.32. The number of nitriles is 1. The molecule has 19 heavy (non-hydrogen) atoms. The number of benzene rings is 1. The van der Waals surface area contributed by atoms with Crippen molar-refractivity contribution in [3.63, 3.8) is 0 Å². The smallest absolute Gasteiger partial charge is 0.255 e. The Balaban J connectivity index is 2.26. The topological polar surface area (TPSA) is 65.8 Å². The minimum Gasteiger partial charge on any atom is -0.322 e. The predicted octanol–water partition coefficient (Wildman–Crippen LogP) is 2.82. The summed E-state index contributed by atoms with van der Waals surface area (Å²) in [5.74, 6) is -0.243. The molecule has 0 spiro atoms. The number of rotatable bonds is 2. The van der Waals surface area contributed by atoms with Gasteiger partial charge in [0.15, 0.2) is 0 Å². The van der Waals surface area contributed by atoms with Crippen molar-refractivity contribution < 1.29 is 4.79 Å². The molecule has 0 radical (unpaired) electrons. The van der Waals surface area contributed by atoms with E-state index >= 15 is 0 Å². The van der Waals surface area contributed by atoms with Crippen molar-refractivity contribution in [2.24, 2.45) is 0 Å². The van der Waals surface area contributed by atoms with E-state index in [0.717, 1.165) is 16.8 Å². The Morgan fingerprint density at radius 2 is 2.05 bits per heavy atom. The van der Waals surface area contributed by atoms with Crippen LogP contribution >= 0.6 is 0 Å². The number of amides is 1. The third-order valence-electron chi connectivity index (χ3n) is 2.78. The monoisotopic (exact) mass is 251 g/mol. The zero-order valence-corrected chi connectivity index (χ0v) is 10.8. The fraction of sp³-hybridized carbons (Fsp3) is 0.133. The van der Waals surface area contributed by atoms with Gasteiger partial charge >= 0.3 is 0 Å². The highest BCUT2D eigenvalue weighted by Gasteiger charge is 2.08. The lowest BCUT2D eigenvalue weighted by Crippen LogP contribution is -2.13. The fourth-order valence-corrected chi connectivity index (χ4v) is 1.70. The van der Waals surface area contributed by atoms with Crippen molar-refractivity contribution in [3.05, 3.63) is 58.9 Å². The van der Waals surface area contributed by atoms with Gasteiger partial charge in [-0.2, -0.15) is 5.26 Å². The third kappa shape index (κ3) is 2.96. The highest BCUT2D eigenvalue weighted by Crippen LogP contribution is 2.17. The van der Waals surface area contributed by atoms with Gasteiger partial charge in [-0.05, 0) is 43.2 Å². The number of aryl methyl sites for hydroxylation is 2. The quantitative estimate of drug-likeness (QED) is 0.892. The molecule has 94 valence electrons. The largest absolute Gasteiger partial charge is 0.322 e. The number of hydrogen-bond donors (Lipinski definition) is 1. The van der Waals surface area contributed by atoms with Crippen LogP contribution in [-0.4, -0.2) is 10.9 Å². The van der Waals surface area contributed by atoms with Crippen LogP contribution in [0.2, 0.25) is 0 Å². The van der Waals surface area contributed by atoms with E-state index in [4.69, 9.17) is 5.26 Å². The van der Waals surface area contributed by atoms with Crippen LogP contribution in [0.3, 0.4) is 0 Å². The van der Waals surface area contributed by atoms with Crippen LogP contribution in [0.25, 0.3) is 0 Å². The minimum absolute atomic E-state index is 0.230. The number of nitrogens with one attached hydrogen (secondary N) is 1. The molecular weight excluding hydrogens is 238 g/mol. The van der Waals surface area contributed by atoms with Gasteiger partial charge in [-0.25, -0.2) is 4.98 Å². The molecule has 2 rings (SSSR count). The Bertz CT molecular complexity index is 671. The van der Waals surface area contributed by atoms with E-state index < -0.39 is 0 Å². The lowest BCUT2D eigenvalue weighted by Gasteiger charge is -2.09. The van der Waals surface area contributed by atoms with E-state index in [-0.39, 0.29) is 11.6 Å². The molecule has 1 aromatic carbocycles. The second-order valence-corrected chi connectivity index (χ2v) is 4.31. The zero-order chi connectivity index (χ0) is 13.8. The van der Waals surface area contributed by atoms with E-state index in [1.165, 1.54) is 12.3 Å². The van der Waals surface area contributed by atoms with E-state index in [1.54, 1.807) is 6.07 Å². The normalized spacial score (nSPS) is 9.74. The standard InChI is InChI=1S/C15H13N3O/c1-10-3-4-11(2)14(7-10)18-15(19)12-5-6-17-13(8-12)9-16/h3-8H,1-2H3,(H,18,19). The number of nitrogens with zero attached hydrogens (tertiary/aromatic N) is 2. The molecule has 4 heteroatoms.